The maximum absolute atomic E-state index is 12.6. The Balaban J connectivity index is 0.00000280. The summed E-state index contributed by atoms with van der Waals surface area (Å²) in [5.41, 5.74) is 6.30. The lowest BCUT2D eigenvalue weighted by atomic mass is 9.90. The van der Waals surface area contributed by atoms with E-state index in [2.05, 4.69) is 10.0 Å². The number of hydrogen-bond acceptors (Lipinski definition) is 5. The number of benzene rings is 2. The van der Waals surface area contributed by atoms with Gasteiger partial charge in [0.25, 0.3) is 10.0 Å². The highest BCUT2D eigenvalue weighted by molar-refractivity contribution is 7.92. The molecule has 9 heteroatoms. The minimum absolute atomic E-state index is 0. The second kappa shape index (κ2) is 9.38. The summed E-state index contributed by atoms with van der Waals surface area (Å²) in [7, 11) is -3.71. The third-order valence-electron chi connectivity index (χ3n) is 4.59. The van der Waals surface area contributed by atoms with Gasteiger partial charge < -0.3 is 15.8 Å². The first-order valence-corrected chi connectivity index (χ1v) is 10.2. The van der Waals surface area contributed by atoms with Crippen molar-refractivity contribution in [2.75, 3.05) is 17.9 Å². The third kappa shape index (κ3) is 5.23. The van der Waals surface area contributed by atoms with E-state index in [9.17, 15) is 13.2 Å². The molecule has 152 valence electrons. The van der Waals surface area contributed by atoms with Crippen molar-refractivity contribution in [3.05, 3.63) is 60.2 Å². The molecule has 0 bridgehead atoms. The zero-order chi connectivity index (χ0) is 19.3. The number of para-hydroxylation sites is 1. The standard InChI is InChI=1S/C19H23N3O4S.ClH/c20-19(10-12-26-13-11-19)18(23)21-14-15-6-4-5-9-17(15)22-27(24,25)16-7-2-1-3-8-16;/h1-9,22H,10-14,20H2,(H,21,23);1H. The molecule has 1 aliphatic heterocycles. The number of ether oxygens (including phenoxy) is 1. The second-order valence-electron chi connectivity index (χ2n) is 6.53. The third-order valence-corrected chi connectivity index (χ3v) is 5.97. The van der Waals surface area contributed by atoms with Crippen molar-refractivity contribution >= 4 is 34.0 Å². The summed E-state index contributed by atoms with van der Waals surface area (Å²) < 4.78 is 33.0. The number of carbonyl (C=O) groups excluding carboxylic acids is 1. The molecule has 0 atom stereocenters. The Bertz CT molecular complexity index is 900. The van der Waals surface area contributed by atoms with Crippen molar-refractivity contribution in [2.24, 2.45) is 5.73 Å². The first-order valence-electron chi connectivity index (χ1n) is 8.71. The van der Waals surface area contributed by atoms with Crippen LogP contribution in [0.25, 0.3) is 0 Å². The van der Waals surface area contributed by atoms with Crippen LogP contribution >= 0.6 is 12.4 Å². The van der Waals surface area contributed by atoms with Crippen LogP contribution in [0.1, 0.15) is 18.4 Å². The number of nitrogens with one attached hydrogen (secondary N) is 2. The molecule has 2 aromatic carbocycles. The number of sulfonamides is 1. The van der Waals surface area contributed by atoms with Crippen LogP contribution in [0, 0.1) is 0 Å². The van der Waals surface area contributed by atoms with E-state index >= 15 is 0 Å². The number of hydrogen-bond donors (Lipinski definition) is 3. The average Bonchev–Trinajstić information content (AvgIpc) is 2.68. The van der Waals surface area contributed by atoms with Gasteiger partial charge in [-0.15, -0.1) is 12.4 Å². The molecule has 0 unspecified atom stereocenters. The van der Waals surface area contributed by atoms with Gasteiger partial charge in [0.15, 0.2) is 0 Å². The van der Waals surface area contributed by atoms with Gasteiger partial charge in [0.05, 0.1) is 16.1 Å². The topological polar surface area (TPSA) is 111 Å². The van der Waals surface area contributed by atoms with Crippen LogP contribution in [0.5, 0.6) is 0 Å². The van der Waals surface area contributed by atoms with E-state index in [0.717, 1.165) is 0 Å². The summed E-state index contributed by atoms with van der Waals surface area (Å²) in [6.45, 7) is 1.08. The number of halogens is 1. The molecule has 2 aromatic rings. The molecular weight excluding hydrogens is 402 g/mol. The van der Waals surface area contributed by atoms with Gasteiger partial charge in [-0.1, -0.05) is 36.4 Å². The largest absolute Gasteiger partial charge is 0.381 e. The number of carbonyl (C=O) groups is 1. The fraction of sp³-hybridized carbons (Fsp3) is 0.316. The Morgan fingerprint density at radius 3 is 2.32 bits per heavy atom. The van der Waals surface area contributed by atoms with E-state index in [0.29, 0.717) is 37.3 Å². The molecule has 1 aliphatic rings. The number of rotatable bonds is 6. The highest BCUT2D eigenvalue weighted by Gasteiger charge is 2.35. The monoisotopic (exact) mass is 425 g/mol. The van der Waals surface area contributed by atoms with Crippen LogP contribution in [0.15, 0.2) is 59.5 Å². The van der Waals surface area contributed by atoms with Gasteiger partial charge in [0.1, 0.15) is 0 Å². The first-order chi connectivity index (χ1) is 12.9. The molecule has 0 aliphatic carbocycles. The zero-order valence-corrected chi connectivity index (χ0v) is 16.9. The van der Waals surface area contributed by atoms with Crippen LogP contribution in [0.2, 0.25) is 0 Å². The van der Waals surface area contributed by atoms with Crippen molar-refractivity contribution in [2.45, 2.75) is 29.8 Å². The van der Waals surface area contributed by atoms with E-state index in [1.54, 1.807) is 42.5 Å². The normalized spacial score (nSPS) is 15.9. The Labute approximate surface area is 171 Å². The molecule has 1 fully saturated rings. The van der Waals surface area contributed by atoms with E-state index in [1.807, 2.05) is 0 Å². The number of anilines is 1. The Morgan fingerprint density at radius 2 is 1.64 bits per heavy atom. The van der Waals surface area contributed by atoms with Gasteiger partial charge in [-0.2, -0.15) is 0 Å². The lowest BCUT2D eigenvalue weighted by molar-refractivity contribution is -0.129. The van der Waals surface area contributed by atoms with Gasteiger partial charge in [0, 0.05) is 19.8 Å². The molecule has 3 rings (SSSR count). The van der Waals surface area contributed by atoms with Crippen LogP contribution in [0.3, 0.4) is 0 Å². The SMILES string of the molecule is Cl.NC1(C(=O)NCc2ccccc2NS(=O)(=O)c2ccccc2)CCOCC1. The van der Waals surface area contributed by atoms with Crippen molar-refractivity contribution in [3.8, 4) is 0 Å². The van der Waals surface area contributed by atoms with Gasteiger partial charge in [0.2, 0.25) is 5.91 Å². The van der Waals surface area contributed by atoms with Crippen LogP contribution in [0.4, 0.5) is 5.69 Å². The Kier molecular flexibility index (Phi) is 7.42. The molecule has 0 aromatic heterocycles. The zero-order valence-electron chi connectivity index (χ0n) is 15.3. The number of nitrogens with two attached hydrogens (primary N) is 1. The van der Waals surface area contributed by atoms with E-state index < -0.39 is 15.6 Å². The van der Waals surface area contributed by atoms with Crippen LogP contribution in [-0.4, -0.2) is 33.1 Å². The minimum Gasteiger partial charge on any atom is -0.381 e. The lowest BCUT2D eigenvalue weighted by Crippen LogP contribution is -2.56. The van der Waals surface area contributed by atoms with Gasteiger partial charge >= 0.3 is 0 Å². The molecule has 28 heavy (non-hydrogen) atoms. The van der Waals surface area contributed by atoms with Crippen LogP contribution < -0.4 is 15.8 Å². The van der Waals surface area contributed by atoms with Crippen molar-refractivity contribution in [1.82, 2.24) is 5.32 Å². The summed E-state index contributed by atoms with van der Waals surface area (Å²) in [5.74, 6) is -0.258. The van der Waals surface area contributed by atoms with Gasteiger partial charge in [-0.3, -0.25) is 9.52 Å². The quantitative estimate of drug-likeness (QED) is 0.655. The van der Waals surface area contributed by atoms with E-state index in [-0.39, 0.29) is 29.8 Å². The predicted molar refractivity (Wildman–Crippen MR) is 110 cm³/mol. The highest BCUT2D eigenvalue weighted by Crippen LogP contribution is 2.21. The smallest absolute Gasteiger partial charge is 0.261 e. The summed E-state index contributed by atoms with van der Waals surface area (Å²) in [5, 5.41) is 2.82. The summed E-state index contributed by atoms with van der Waals surface area (Å²) in [4.78, 5) is 12.7. The fourth-order valence-electron chi connectivity index (χ4n) is 2.89. The molecule has 0 spiro atoms. The Hall–Kier alpha value is -2.13. The van der Waals surface area contributed by atoms with Gasteiger partial charge in [-0.25, -0.2) is 8.42 Å². The lowest BCUT2D eigenvalue weighted by Gasteiger charge is -2.31. The van der Waals surface area contributed by atoms with Crippen molar-refractivity contribution in [1.29, 1.82) is 0 Å². The fourth-order valence-corrected chi connectivity index (χ4v) is 4.01. The molecule has 7 nitrogen and oxygen atoms in total. The molecular formula is C19H24ClN3O4S. The van der Waals surface area contributed by atoms with Crippen molar-refractivity contribution in [3.63, 3.8) is 0 Å². The van der Waals surface area contributed by atoms with Crippen molar-refractivity contribution < 1.29 is 17.9 Å². The molecule has 4 N–H and O–H groups in total. The summed E-state index contributed by atoms with van der Waals surface area (Å²) in [6, 6.07) is 15.1. The predicted octanol–water partition coefficient (Wildman–Crippen LogP) is 2.03. The molecule has 1 saturated heterocycles. The first kappa shape index (κ1) is 22.2. The summed E-state index contributed by atoms with van der Waals surface area (Å²) >= 11 is 0. The highest BCUT2D eigenvalue weighted by atomic mass is 35.5. The molecule has 1 amide bonds. The van der Waals surface area contributed by atoms with Gasteiger partial charge in [-0.05, 0) is 36.6 Å². The molecule has 1 heterocycles. The summed E-state index contributed by atoms with van der Waals surface area (Å²) in [6.07, 6.45) is 0.919. The van der Waals surface area contributed by atoms with E-state index in [1.165, 1.54) is 12.1 Å². The Morgan fingerprint density at radius 1 is 1.04 bits per heavy atom. The van der Waals surface area contributed by atoms with Crippen LogP contribution in [-0.2, 0) is 26.1 Å². The number of amides is 1. The maximum atomic E-state index is 12.6. The molecule has 0 radical (unpaired) electrons. The average molecular weight is 426 g/mol. The molecule has 0 saturated carbocycles. The van der Waals surface area contributed by atoms with E-state index in [4.69, 9.17) is 10.5 Å². The minimum atomic E-state index is -3.71. The maximum Gasteiger partial charge on any atom is 0.261 e. The second-order valence-corrected chi connectivity index (χ2v) is 8.21.